The smallest absolute Gasteiger partial charge is 0.251 e. The molecule has 0 saturated heterocycles. The van der Waals surface area contributed by atoms with Gasteiger partial charge in [0.05, 0.1) is 6.54 Å². The van der Waals surface area contributed by atoms with Crippen molar-refractivity contribution >= 4 is 35.8 Å². The number of likely N-dealkylation sites (N-methyl/N-ethyl adjacent to an activating group) is 1. The first-order valence-corrected chi connectivity index (χ1v) is 11.5. The van der Waals surface area contributed by atoms with E-state index in [4.69, 9.17) is 4.99 Å². The lowest BCUT2D eigenvalue weighted by Gasteiger charge is -2.30. The van der Waals surface area contributed by atoms with Crippen molar-refractivity contribution < 1.29 is 4.79 Å². The molecule has 7 nitrogen and oxygen atoms in total. The van der Waals surface area contributed by atoms with Gasteiger partial charge in [-0.2, -0.15) is 0 Å². The van der Waals surface area contributed by atoms with Crippen LogP contribution in [0.15, 0.2) is 29.3 Å². The zero-order chi connectivity index (χ0) is 23.2. The van der Waals surface area contributed by atoms with Gasteiger partial charge in [0, 0.05) is 50.4 Å². The normalized spacial score (nSPS) is 11.8. The molecule has 0 radical (unpaired) electrons. The molecule has 32 heavy (non-hydrogen) atoms. The third-order valence-electron chi connectivity index (χ3n) is 5.01. The summed E-state index contributed by atoms with van der Waals surface area (Å²) in [7, 11) is 3.98. The molecular formula is C24H45IN6O. The van der Waals surface area contributed by atoms with Gasteiger partial charge in [0.1, 0.15) is 0 Å². The van der Waals surface area contributed by atoms with Crippen LogP contribution in [0.25, 0.3) is 0 Å². The molecule has 0 aromatic heterocycles. The number of carbonyl (C=O) groups is 1. The Balaban J connectivity index is 0.00000961. The first-order chi connectivity index (χ1) is 14.7. The van der Waals surface area contributed by atoms with Crippen LogP contribution >= 0.6 is 24.0 Å². The number of guanidine groups is 1. The maximum absolute atomic E-state index is 12.3. The summed E-state index contributed by atoms with van der Waals surface area (Å²) >= 11 is 0. The molecule has 3 N–H and O–H groups in total. The first-order valence-electron chi connectivity index (χ1n) is 11.5. The van der Waals surface area contributed by atoms with Crippen LogP contribution in [0, 0.1) is 0 Å². The Labute approximate surface area is 212 Å². The Morgan fingerprint density at radius 1 is 1.00 bits per heavy atom. The average molecular weight is 561 g/mol. The number of halogens is 1. The maximum atomic E-state index is 12.3. The molecular weight excluding hydrogens is 515 g/mol. The average Bonchev–Trinajstić information content (AvgIpc) is 2.71. The molecule has 1 aromatic carbocycles. The number of hydrogen-bond donors (Lipinski definition) is 3. The molecule has 0 aliphatic heterocycles. The van der Waals surface area contributed by atoms with Crippen molar-refractivity contribution in [2.45, 2.75) is 59.7 Å². The van der Waals surface area contributed by atoms with Gasteiger partial charge in [-0.05, 0) is 72.8 Å². The maximum Gasteiger partial charge on any atom is 0.251 e. The lowest BCUT2D eigenvalue weighted by atomic mass is 10.1. The fourth-order valence-electron chi connectivity index (χ4n) is 3.40. The van der Waals surface area contributed by atoms with Crippen LogP contribution in [0.2, 0.25) is 0 Å². The van der Waals surface area contributed by atoms with Gasteiger partial charge in [-0.1, -0.05) is 12.1 Å². The van der Waals surface area contributed by atoms with Gasteiger partial charge < -0.3 is 20.9 Å². The highest BCUT2D eigenvalue weighted by molar-refractivity contribution is 14.0. The molecule has 0 aliphatic rings. The quantitative estimate of drug-likeness (QED) is 0.150. The summed E-state index contributed by atoms with van der Waals surface area (Å²) in [6.07, 6.45) is 1.06. The number of aliphatic imine (C=N–C) groups is 1. The topological polar surface area (TPSA) is 72.0 Å². The number of hydrogen-bond acceptors (Lipinski definition) is 4. The van der Waals surface area contributed by atoms with E-state index in [0.29, 0.717) is 30.7 Å². The summed E-state index contributed by atoms with van der Waals surface area (Å²) in [4.78, 5) is 21.6. The standard InChI is InChI=1S/C24H44N6O.HI/c1-8-25-24(27-13-10-15-30(19(2)3)20(4)5)28-18-21-11-9-12-22(17-21)23(31)26-14-16-29(6)7;/h9,11-12,17,19-20H,8,10,13-16,18H2,1-7H3,(H,26,31)(H2,25,27,28);1H. The Kier molecular flexibility index (Phi) is 16.4. The van der Waals surface area contributed by atoms with Crippen LogP contribution in [-0.2, 0) is 6.54 Å². The fraction of sp³-hybridized carbons (Fsp3) is 0.667. The molecule has 1 amide bonds. The van der Waals surface area contributed by atoms with E-state index >= 15 is 0 Å². The Hall–Kier alpha value is -1.39. The highest BCUT2D eigenvalue weighted by Gasteiger charge is 2.12. The van der Waals surface area contributed by atoms with E-state index in [1.165, 1.54) is 0 Å². The minimum absolute atomic E-state index is 0. The number of nitrogens with zero attached hydrogens (tertiary/aromatic N) is 3. The molecule has 1 aromatic rings. The van der Waals surface area contributed by atoms with Gasteiger partial charge in [-0.3, -0.25) is 9.69 Å². The molecule has 8 heteroatoms. The van der Waals surface area contributed by atoms with Crippen LogP contribution < -0.4 is 16.0 Å². The second kappa shape index (κ2) is 17.1. The van der Waals surface area contributed by atoms with E-state index in [0.717, 1.165) is 44.1 Å². The van der Waals surface area contributed by atoms with Crippen molar-refractivity contribution in [2.75, 3.05) is 46.8 Å². The van der Waals surface area contributed by atoms with Crippen molar-refractivity contribution in [1.29, 1.82) is 0 Å². The van der Waals surface area contributed by atoms with Crippen molar-refractivity contribution in [2.24, 2.45) is 4.99 Å². The Morgan fingerprint density at radius 2 is 1.69 bits per heavy atom. The molecule has 0 atom stereocenters. The summed E-state index contributed by atoms with van der Waals surface area (Å²) < 4.78 is 0. The molecule has 0 fully saturated rings. The lowest BCUT2D eigenvalue weighted by Crippen LogP contribution is -2.41. The molecule has 0 spiro atoms. The second-order valence-electron chi connectivity index (χ2n) is 8.66. The minimum atomic E-state index is -0.0439. The number of amides is 1. The zero-order valence-corrected chi connectivity index (χ0v) is 23.4. The molecule has 0 bridgehead atoms. The predicted octanol–water partition coefficient (Wildman–Crippen LogP) is 3.16. The summed E-state index contributed by atoms with van der Waals surface area (Å²) in [5, 5.41) is 9.69. The van der Waals surface area contributed by atoms with Gasteiger partial charge in [0.2, 0.25) is 0 Å². The summed E-state index contributed by atoms with van der Waals surface area (Å²) in [6, 6.07) is 8.78. The zero-order valence-electron chi connectivity index (χ0n) is 21.1. The third-order valence-corrected chi connectivity index (χ3v) is 5.01. The van der Waals surface area contributed by atoms with Crippen molar-refractivity contribution in [1.82, 2.24) is 25.8 Å². The highest BCUT2D eigenvalue weighted by Crippen LogP contribution is 2.07. The van der Waals surface area contributed by atoms with E-state index in [1.54, 1.807) is 0 Å². The SMILES string of the molecule is CCNC(=NCc1cccc(C(=O)NCCN(C)C)c1)NCCCN(C(C)C)C(C)C.I. The molecule has 1 rings (SSSR count). The molecule has 184 valence electrons. The van der Waals surface area contributed by atoms with Gasteiger partial charge in [0.25, 0.3) is 5.91 Å². The van der Waals surface area contributed by atoms with E-state index in [2.05, 4.69) is 55.5 Å². The molecule has 0 saturated carbocycles. The minimum Gasteiger partial charge on any atom is -0.357 e. The van der Waals surface area contributed by atoms with Crippen molar-refractivity contribution in [3.63, 3.8) is 0 Å². The lowest BCUT2D eigenvalue weighted by molar-refractivity contribution is 0.0951. The van der Waals surface area contributed by atoms with Gasteiger partial charge in [-0.25, -0.2) is 4.99 Å². The van der Waals surface area contributed by atoms with Gasteiger partial charge in [-0.15, -0.1) is 24.0 Å². The molecule has 0 unspecified atom stereocenters. The fourth-order valence-corrected chi connectivity index (χ4v) is 3.40. The van der Waals surface area contributed by atoms with Crippen LogP contribution in [0.4, 0.5) is 0 Å². The summed E-state index contributed by atoms with van der Waals surface area (Å²) in [5.74, 6) is 0.765. The van der Waals surface area contributed by atoms with Crippen molar-refractivity contribution in [3.05, 3.63) is 35.4 Å². The monoisotopic (exact) mass is 560 g/mol. The van der Waals surface area contributed by atoms with Crippen molar-refractivity contribution in [3.8, 4) is 0 Å². The van der Waals surface area contributed by atoms with Crippen LogP contribution in [0.1, 0.15) is 57.0 Å². The Morgan fingerprint density at radius 3 is 2.28 bits per heavy atom. The molecule has 0 heterocycles. The van der Waals surface area contributed by atoms with E-state index in [9.17, 15) is 4.79 Å². The second-order valence-corrected chi connectivity index (χ2v) is 8.66. The number of nitrogens with one attached hydrogen (secondary N) is 3. The van der Waals surface area contributed by atoms with E-state index in [1.807, 2.05) is 43.3 Å². The Bertz CT molecular complexity index is 670. The van der Waals surface area contributed by atoms with E-state index in [-0.39, 0.29) is 29.9 Å². The number of carbonyl (C=O) groups excluding carboxylic acids is 1. The number of rotatable bonds is 13. The summed E-state index contributed by atoms with van der Waals surface area (Å²) in [5.41, 5.74) is 1.69. The van der Waals surface area contributed by atoms with Crippen LogP contribution in [0.5, 0.6) is 0 Å². The predicted molar refractivity (Wildman–Crippen MR) is 147 cm³/mol. The van der Waals surface area contributed by atoms with Gasteiger partial charge >= 0.3 is 0 Å². The van der Waals surface area contributed by atoms with Gasteiger partial charge in [0.15, 0.2) is 5.96 Å². The van der Waals surface area contributed by atoms with Crippen LogP contribution in [-0.4, -0.2) is 80.6 Å². The molecule has 0 aliphatic carbocycles. The third kappa shape index (κ3) is 12.6. The highest BCUT2D eigenvalue weighted by atomic mass is 127. The van der Waals surface area contributed by atoms with E-state index < -0.39 is 0 Å². The summed E-state index contributed by atoms with van der Waals surface area (Å²) in [6.45, 7) is 15.8. The van der Waals surface area contributed by atoms with Crippen LogP contribution in [0.3, 0.4) is 0 Å². The first kappa shape index (κ1) is 30.6. The number of benzene rings is 1. The largest absolute Gasteiger partial charge is 0.357 e.